The summed E-state index contributed by atoms with van der Waals surface area (Å²) in [4.78, 5) is 21.2. The van der Waals surface area contributed by atoms with Crippen molar-refractivity contribution in [1.82, 2.24) is 9.97 Å². The van der Waals surface area contributed by atoms with Gasteiger partial charge in [0.2, 0.25) is 5.91 Å². The number of ether oxygens (including phenoxy) is 2. The van der Waals surface area contributed by atoms with E-state index in [0.29, 0.717) is 41.4 Å². The fourth-order valence-corrected chi connectivity index (χ4v) is 5.78. The molecule has 14 heteroatoms. The van der Waals surface area contributed by atoms with Crippen molar-refractivity contribution in [2.75, 3.05) is 18.5 Å². The highest BCUT2D eigenvalue weighted by molar-refractivity contribution is 7.92. The minimum Gasteiger partial charge on any atom is -0.468 e. The van der Waals surface area contributed by atoms with Crippen LogP contribution in [0.3, 0.4) is 0 Å². The third kappa shape index (κ3) is 7.41. The third-order valence-electron chi connectivity index (χ3n) is 5.23. The molecule has 1 N–H and O–H groups in total. The molecule has 0 bridgehead atoms. The van der Waals surface area contributed by atoms with Crippen molar-refractivity contribution in [2.24, 2.45) is 0 Å². The van der Waals surface area contributed by atoms with Gasteiger partial charge in [0.15, 0.2) is 5.13 Å². The number of amides is 1. The third-order valence-corrected chi connectivity index (χ3v) is 8.58. The average molecular weight is 598 g/mol. The van der Waals surface area contributed by atoms with E-state index in [4.69, 9.17) is 9.47 Å². The standard InChI is InChI=1S/C25H22F3N3O5S3/c1-16-22(38-24(29-16)36-12-11-35-14-18-5-3-2-4-6-18)20-15-37-23(30-20)31-21(32)13-17-7-9-19(10-8-17)39(33,34)25(26,27)28/h2-10,15H,11-14H2,1H3,(H,30,31,32). The molecule has 0 atom stereocenters. The number of rotatable bonds is 11. The first-order chi connectivity index (χ1) is 18.5. The summed E-state index contributed by atoms with van der Waals surface area (Å²) in [6.45, 7) is 3.05. The van der Waals surface area contributed by atoms with E-state index in [-0.39, 0.29) is 6.42 Å². The van der Waals surface area contributed by atoms with Crippen LogP contribution in [0.2, 0.25) is 0 Å². The van der Waals surface area contributed by atoms with Gasteiger partial charge in [-0.05, 0) is 30.2 Å². The monoisotopic (exact) mass is 597 g/mol. The molecule has 206 valence electrons. The van der Waals surface area contributed by atoms with Crippen LogP contribution < -0.4 is 10.1 Å². The number of hydrogen-bond donors (Lipinski definition) is 1. The number of alkyl halides is 3. The van der Waals surface area contributed by atoms with E-state index < -0.39 is 26.1 Å². The molecule has 0 fully saturated rings. The minimum absolute atomic E-state index is 0.175. The fourth-order valence-electron chi connectivity index (χ4n) is 3.33. The molecule has 2 aromatic heterocycles. The molecule has 0 aliphatic carbocycles. The lowest BCUT2D eigenvalue weighted by atomic mass is 10.1. The molecule has 39 heavy (non-hydrogen) atoms. The van der Waals surface area contributed by atoms with Crippen LogP contribution in [0.1, 0.15) is 16.8 Å². The van der Waals surface area contributed by atoms with Gasteiger partial charge < -0.3 is 14.8 Å². The van der Waals surface area contributed by atoms with Crippen molar-refractivity contribution in [3.63, 3.8) is 0 Å². The SMILES string of the molecule is Cc1nc(OCCOCc2ccccc2)sc1-c1csc(NC(=O)Cc2ccc(S(=O)(=O)C(F)(F)F)cc2)n1. The van der Waals surface area contributed by atoms with Gasteiger partial charge in [0.1, 0.15) is 6.61 Å². The smallest absolute Gasteiger partial charge is 0.468 e. The Labute approximate surface area is 230 Å². The van der Waals surface area contributed by atoms with Crippen molar-refractivity contribution in [2.45, 2.75) is 30.4 Å². The molecule has 0 saturated carbocycles. The van der Waals surface area contributed by atoms with E-state index in [9.17, 15) is 26.4 Å². The van der Waals surface area contributed by atoms with E-state index in [1.165, 1.54) is 34.8 Å². The predicted molar refractivity (Wildman–Crippen MR) is 142 cm³/mol. The summed E-state index contributed by atoms with van der Waals surface area (Å²) in [5.74, 6) is -0.456. The normalized spacial score (nSPS) is 11.9. The number of hydrogen-bond acceptors (Lipinski definition) is 9. The Kier molecular flexibility index (Phi) is 9.00. The molecule has 0 unspecified atom stereocenters. The van der Waals surface area contributed by atoms with Gasteiger partial charge in [0.05, 0.1) is 40.8 Å². The van der Waals surface area contributed by atoms with Crippen molar-refractivity contribution in [1.29, 1.82) is 0 Å². The second-order valence-corrected chi connectivity index (χ2v) is 11.9. The highest BCUT2D eigenvalue weighted by Crippen LogP contribution is 2.35. The highest BCUT2D eigenvalue weighted by Gasteiger charge is 2.46. The van der Waals surface area contributed by atoms with Crippen LogP contribution in [0, 0.1) is 6.92 Å². The van der Waals surface area contributed by atoms with Gasteiger partial charge in [-0.15, -0.1) is 11.3 Å². The number of nitrogens with zero attached hydrogens (tertiary/aromatic N) is 2. The predicted octanol–water partition coefficient (Wildman–Crippen LogP) is 5.65. The first-order valence-corrected chi connectivity index (χ1v) is 14.6. The summed E-state index contributed by atoms with van der Waals surface area (Å²) < 4.78 is 72.3. The van der Waals surface area contributed by atoms with Crippen LogP contribution in [-0.4, -0.2) is 43.0 Å². The maximum absolute atomic E-state index is 12.7. The number of nitrogens with one attached hydrogen (secondary N) is 1. The summed E-state index contributed by atoms with van der Waals surface area (Å²) in [5.41, 5.74) is -2.64. The first-order valence-electron chi connectivity index (χ1n) is 11.4. The van der Waals surface area contributed by atoms with Gasteiger partial charge in [-0.3, -0.25) is 4.79 Å². The molecular weight excluding hydrogens is 575 g/mol. The molecule has 2 aromatic carbocycles. The zero-order chi connectivity index (χ0) is 28.0. The van der Waals surface area contributed by atoms with Crippen LogP contribution in [0.5, 0.6) is 5.19 Å². The van der Waals surface area contributed by atoms with Crippen LogP contribution in [0.4, 0.5) is 18.3 Å². The zero-order valence-electron chi connectivity index (χ0n) is 20.4. The lowest BCUT2D eigenvalue weighted by Gasteiger charge is -2.08. The summed E-state index contributed by atoms with van der Waals surface area (Å²) in [7, 11) is -5.44. The maximum Gasteiger partial charge on any atom is 0.501 e. The van der Waals surface area contributed by atoms with Crippen molar-refractivity contribution < 1.29 is 35.9 Å². The topological polar surface area (TPSA) is 107 Å². The quantitative estimate of drug-likeness (QED) is 0.223. The molecule has 0 saturated heterocycles. The molecule has 2 heterocycles. The fraction of sp³-hybridized carbons (Fsp3) is 0.240. The van der Waals surface area contributed by atoms with Gasteiger partial charge in [-0.1, -0.05) is 53.8 Å². The largest absolute Gasteiger partial charge is 0.501 e. The number of carbonyl (C=O) groups excluding carboxylic acids is 1. The molecule has 0 spiro atoms. The van der Waals surface area contributed by atoms with Gasteiger partial charge in [0.25, 0.3) is 15.0 Å². The van der Waals surface area contributed by atoms with E-state index in [2.05, 4.69) is 15.3 Å². The second kappa shape index (κ2) is 12.2. The van der Waals surface area contributed by atoms with Crippen molar-refractivity contribution in [3.8, 4) is 15.8 Å². The Bertz CT molecular complexity index is 1520. The Morgan fingerprint density at radius 1 is 1.00 bits per heavy atom. The zero-order valence-corrected chi connectivity index (χ0v) is 22.8. The highest BCUT2D eigenvalue weighted by atomic mass is 32.2. The van der Waals surface area contributed by atoms with E-state index in [1.807, 2.05) is 37.3 Å². The molecule has 4 aromatic rings. The summed E-state index contributed by atoms with van der Waals surface area (Å²) >= 11 is 2.52. The molecule has 0 aliphatic rings. The molecule has 8 nitrogen and oxygen atoms in total. The van der Waals surface area contributed by atoms with E-state index in [1.54, 1.807) is 5.38 Å². The lowest BCUT2D eigenvalue weighted by Crippen LogP contribution is -2.23. The maximum atomic E-state index is 12.7. The molecule has 0 aliphatic heterocycles. The van der Waals surface area contributed by atoms with Crippen LogP contribution >= 0.6 is 22.7 Å². The number of aromatic nitrogens is 2. The first kappa shape index (κ1) is 28.7. The van der Waals surface area contributed by atoms with Crippen molar-refractivity contribution >= 4 is 43.5 Å². The van der Waals surface area contributed by atoms with Crippen molar-refractivity contribution in [3.05, 3.63) is 76.8 Å². The summed E-state index contributed by atoms with van der Waals surface area (Å²) in [5, 5.41) is 5.21. The number of anilines is 1. The van der Waals surface area contributed by atoms with Gasteiger partial charge in [-0.2, -0.15) is 13.2 Å². The number of thiazole rings is 2. The molecular formula is C25H22F3N3O5S3. The lowest BCUT2D eigenvalue weighted by molar-refractivity contribution is -0.115. The van der Waals surface area contributed by atoms with Gasteiger partial charge in [0, 0.05) is 5.38 Å². The van der Waals surface area contributed by atoms with Gasteiger partial charge >= 0.3 is 5.51 Å². The van der Waals surface area contributed by atoms with Gasteiger partial charge in [-0.25, -0.2) is 18.4 Å². The second-order valence-electron chi connectivity index (χ2n) is 8.14. The van der Waals surface area contributed by atoms with Crippen LogP contribution in [-0.2, 0) is 32.4 Å². The number of sulfone groups is 1. The summed E-state index contributed by atoms with van der Waals surface area (Å²) in [6, 6.07) is 13.8. The molecule has 0 radical (unpaired) electrons. The number of carbonyl (C=O) groups is 1. The van der Waals surface area contributed by atoms with E-state index >= 15 is 0 Å². The Morgan fingerprint density at radius 3 is 2.41 bits per heavy atom. The number of halogens is 3. The Morgan fingerprint density at radius 2 is 1.72 bits per heavy atom. The molecule has 4 rings (SSSR count). The van der Waals surface area contributed by atoms with Crippen LogP contribution in [0.25, 0.3) is 10.6 Å². The minimum atomic E-state index is -5.44. The molecule has 1 amide bonds. The Hall–Kier alpha value is -3.33. The summed E-state index contributed by atoms with van der Waals surface area (Å²) in [6.07, 6.45) is -0.175. The van der Waals surface area contributed by atoms with E-state index in [0.717, 1.165) is 28.3 Å². The van der Waals surface area contributed by atoms with Crippen LogP contribution in [0.15, 0.2) is 64.9 Å². The average Bonchev–Trinajstić information content (AvgIpc) is 3.50. The Balaban J connectivity index is 1.28. The number of aryl methyl sites for hydroxylation is 1. The number of benzene rings is 2.